The van der Waals surface area contributed by atoms with Crippen LogP contribution in [0.4, 0.5) is 0 Å². The third-order valence-electron chi connectivity index (χ3n) is 3.39. The number of halogens is 2. The van der Waals surface area contributed by atoms with E-state index < -0.39 is 10.0 Å². The molecule has 0 spiro atoms. The molecule has 0 N–H and O–H groups in total. The second kappa shape index (κ2) is 6.31. The molecule has 7 heteroatoms. The average Bonchev–Trinajstić information content (AvgIpc) is 2.95. The first-order valence-corrected chi connectivity index (χ1v) is 9.47. The Hall–Kier alpha value is 0.190. The molecule has 108 valence electrons. The molecule has 1 atom stereocenters. The fourth-order valence-corrected chi connectivity index (χ4v) is 6.12. The van der Waals surface area contributed by atoms with E-state index in [1.54, 1.807) is 10.4 Å². The molecule has 19 heavy (non-hydrogen) atoms. The Morgan fingerprint density at radius 1 is 1.53 bits per heavy atom. The van der Waals surface area contributed by atoms with Gasteiger partial charge in [-0.3, -0.25) is 0 Å². The maximum absolute atomic E-state index is 12.6. The van der Waals surface area contributed by atoms with Crippen LogP contribution in [0.3, 0.4) is 0 Å². The van der Waals surface area contributed by atoms with Crippen LogP contribution in [-0.4, -0.2) is 31.2 Å². The Bertz CT molecular complexity index is 522. The Labute approximate surface area is 128 Å². The fourth-order valence-electron chi connectivity index (χ4n) is 2.40. The number of hydrogen-bond acceptors (Lipinski definition) is 3. The van der Waals surface area contributed by atoms with E-state index in [2.05, 4.69) is 0 Å². The molecule has 2 rings (SSSR count). The van der Waals surface area contributed by atoms with Crippen molar-refractivity contribution in [3.05, 3.63) is 16.0 Å². The summed E-state index contributed by atoms with van der Waals surface area (Å²) < 4.78 is 27.8. The van der Waals surface area contributed by atoms with Crippen LogP contribution in [0.25, 0.3) is 0 Å². The molecule has 1 fully saturated rings. The van der Waals surface area contributed by atoms with Crippen molar-refractivity contribution >= 4 is 44.6 Å². The van der Waals surface area contributed by atoms with Gasteiger partial charge >= 0.3 is 0 Å². The van der Waals surface area contributed by atoms with Gasteiger partial charge in [0, 0.05) is 18.5 Å². The van der Waals surface area contributed by atoms with Crippen molar-refractivity contribution in [2.24, 2.45) is 0 Å². The van der Waals surface area contributed by atoms with Crippen LogP contribution in [0.15, 0.2) is 10.3 Å². The van der Waals surface area contributed by atoms with Gasteiger partial charge in [-0.25, -0.2) is 8.42 Å². The Morgan fingerprint density at radius 2 is 2.26 bits per heavy atom. The van der Waals surface area contributed by atoms with Gasteiger partial charge in [-0.1, -0.05) is 11.6 Å². The van der Waals surface area contributed by atoms with Gasteiger partial charge in [0.1, 0.15) is 4.21 Å². The lowest BCUT2D eigenvalue weighted by Gasteiger charge is -2.23. The predicted octanol–water partition coefficient (Wildman–Crippen LogP) is 3.88. The molecule has 2 heterocycles. The summed E-state index contributed by atoms with van der Waals surface area (Å²) in [6.07, 6.45) is 3.53. The maximum atomic E-state index is 12.6. The lowest BCUT2D eigenvalue weighted by molar-refractivity contribution is 0.369. The number of thiophene rings is 1. The third kappa shape index (κ3) is 3.27. The summed E-state index contributed by atoms with van der Waals surface area (Å²) in [5.74, 6) is 0.578. The van der Waals surface area contributed by atoms with E-state index in [0.29, 0.717) is 21.0 Å². The third-order valence-corrected chi connectivity index (χ3v) is 7.62. The van der Waals surface area contributed by atoms with Crippen LogP contribution >= 0.6 is 34.5 Å². The Kier molecular flexibility index (Phi) is 5.17. The number of alkyl halides is 1. The highest BCUT2D eigenvalue weighted by atomic mass is 35.5. The van der Waals surface area contributed by atoms with Crippen molar-refractivity contribution in [1.29, 1.82) is 0 Å². The fraction of sp³-hybridized carbons (Fsp3) is 0.667. The topological polar surface area (TPSA) is 37.4 Å². The van der Waals surface area contributed by atoms with E-state index in [-0.39, 0.29) is 6.04 Å². The number of rotatable bonds is 5. The van der Waals surface area contributed by atoms with Crippen molar-refractivity contribution in [3.8, 4) is 0 Å². The number of nitrogens with zero attached hydrogens (tertiary/aromatic N) is 1. The number of sulfonamides is 1. The summed E-state index contributed by atoms with van der Waals surface area (Å²) in [7, 11) is -3.40. The van der Waals surface area contributed by atoms with Crippen LogP contribution in [0, 0.1) is 6.92 Å². The summed E-state index contributed by atoms with van der Waals surface area (Å²) >= 11 is 12.8. The summed E-state index contributed by atoms with van der Waals surface area (Å²) in [4.78, 5) is 0. The first-order chi connectivity index (χ1) is 8.96. The molecule has 1 aliphatic rings. The first-order valence-electron chi connectivity index (χ1n) is 6.30. The van der Waals surface area contributed by atoms with Crippen molar-refractivity contribution < 1.29 is 8.42 Å². The van der Waals surface area contributed by atoms with Crippen LogP contribution in [0.5, 0.6) is 0 Å². The van der Waals surface area contributed by atoms with Crippen LogP contribution < -0.4 is 0 Å². The van der Waals surface area contributed by atoms with Gasteiger partial charge in [-0.2, -0.15) is 4.31 Å². The van der Waals surface area contributed by atoms with Crippen molar-refractivity contribution in [2.75, 3.05) is 12.4 Å². The zero-order valence-corrected chi connectivity index (χ0v) is 13.9. The van der Waals surface area contributed by atoms with Gasteiger partial charge < -0.3 is 0 Å². The molecule has 1 aromatic rings. The quantitative estimate of drug-likeness (QED) is 0.762. The molecule has 0 saturated carbocycles. The molecule has 1 aromatic heterocycles. The van der Waals surface area contributed by atoms with E-state index in [4.69, 9.17) is 23.2 Å². The Balaban J connectivity index is 2.23. The summed E-state index contributed by atoms with van der Waals surface area (Å²) in [5, 5.41) is 0. The van der Waals surface area contributed by atoms with E-state index in [1.165, 1.54) is 0 Å². The van der Waals surface area contributed by atoms with Gasteiger partial charge in [0.15, 0.2) is 0 Å². The highest BCUT2D eigenvalue weighted by Crippen LogP contribution is 2.35. The van der Waals surface area contributed by atoms with Crippen LogP contribution in [0.2, 0.25) is 4.34 Å². The number of aryl methyl sites for hydroxylation is 1. The van der Waals surface area contributed by atoms with Gasteiger partial charge in [0.25, 0.3) is 10.0 Å². The molecule has 0 aromatic carbocycles. The largest absolute Gasteiger partial charge is 0.252 e. The summed E-state index contributed by atoms with van der Waals surface area (Å²) in [6.45, 7) is 2.43. The normalized spacial score (nSPS) is 21.1. The highest BCUT2D eigenvalue weighted by Gasteiger charge is 2.35. The molecule has 1 unspecified atom stereocenters. The average molecular weight is 342 g/mol. The summed E-state index contributed by atoms with van der Waals surface area (Å²) in [6, 6.07) is 1.75. The molecule has 0 aliphatic carbocycles. The van der Waals surface area contributed by atoms with E-state index in [9.17, 15) is 8.42 Å². The standard InChI is InChI=1S/C12H17Cl2NO2S2/c1-9-8-11(18-12(9)14)19(16,17)15-7-3-5-10(15)4-2-6-13/h8,10H,2-7H2,1H3. The highest BCUT2D eigenvalue weighted by molar-refractivity contribution is 7.91. The molecule has 0 bridgehead atoms. The van der Waals surface area contributed by atoms with Crippen LogP contribution in [-0.2, 0) is 10.0 Å². The smallest absolute Gasteiger partial charge is 0.206 e. The zero-order chi connectivity index (χ0) is 14.0. The molecule has 0 radical (unpaired) electrons. The number of hydrogen-bond donors (Lipinski definition) is 0. The van der Waals surface area contributed by atoms with Gasteiger partial charge in [-0.15, -0.1) is 22.9 Å². The SMILES string of the molecule is Cc1cc(S(=O)(=O)N2CCCC2CCCCl)sc1Cl. The van der Waals surface area contributed by atoms with E-state index in [0.717, 1.165) is 42.6 Å². The minimum absolute atomic E-state index is 0.0879. The van der Waals surface area contributed by atoms with Gasteiger partial charge in [0.2, 0.25) is 0 Å². The molecule has 0 amide bonds. The second-order valence-corrected chi connectivity index (χ2v) is 8.91. The predicted molar refractivity (Wildman–Crippen MR) is 80.9 cm³/mol. The lowest BCUT2D eigenvalue weighted by atomic mass is 10.1. The minimum Gasteiger partial charge on any atom is -0.206 e. The van der Waals surface area contributed by atoms with Crippen molar-refractivity contribution in [3.63, 3.8) is 0 Å². The molecule has 1 saturated heterocycles. The second-order valence-electron chi connectivity index (χ2n) is 4.77. The van der Waals surface area contributed by atoms with Crippen LogP contribution in [0.1, 0.15) is 31.2 Å². The van der Waals surface area contributed by atoms with Crippen molar-refractivity contribution in [1.82, 2.24) is 4.31 Å². The first kappa shape index (κ1) is 15.6. The maximum Gasteiger partial charge on any atom is 0.252 e. The van der Waals surface area contributed by atoms with Gasteiger partial charge in [0.05, 0.1) is 4.34 Å². The van der Waals surface area contributed by atoms with E-state index in [1.807, 2.05) is 6.92 Å². The van der Waals surface area contributed by atoms with Crippen molar-refractivity contribution in [2.45, 2.75) is 42.9 Å². The molecule has 1 aliphatic heterocycles. The van der Waals surface area contributed by atoms with E-state index >= 15 is 0 Å². The monoisotopic (exact) mass is 341 g/mol. The lowest BCUT2D eigenvalue weighted by Crippen LogP contribution is -2.35. The molecular weight excluding hydrogens is 325 g/mol. The molecular formula is C12H17Cl2NO2S2. The summed E-state index contributed by atoms with van der Waals surface area (Å²) in [5.41, 5.74) is 0.821. The Morgan fingerprint density at radius 3 is 2.84 bits per heavy atom. The molecule has 3 nitrogen and oxygen atoms in total. The van der Waals surface area contributed by atoms with Gasteiger partial charge in [-0.05, 0) is 44.2 Å². The zero-order valence-electron chi connectivity index (χ0n) is 10.7. The minimum atomic E-state index is -3.40.